The maximum atomic E-state index is 13.3. The van der Waals surface area contributed by atoms with Gasteiger partial charge in [0.05, 0.1) is 36.7 Å². The van der Waals surface area contributed by atoms with Gasteiger partial charge in [0.25, 0.3) is 0 Å². The van der Waals surface area contributed by atoms with Crippen LogP contribution in [0.2, 0.25) is 0 Å². The molecule has 0 aliphatic carbocycles. The molecule has 20 heavy (non-hydrogen) atoms. The van der Waals surface area contributed by atoms with Gasteiger partial charge in [-0.3, -0.25) is 0 Å². The van der Waals surface area contributed by atoms with Gasteiger partial charge >= 0.3 is 0 Å². The summed E-state index contributed by atoms with van der Waals surface area (Å²) in [4.78, 5) is 8.33. The molecular weight excluding hydrogens is 264 g/mol. The van der Waals surface area contributed by atoms with Crippen molar-refractivity contribution in [2.45, 2.75) is 6.54 Å². The average Bonchev–Trinajstić information content (AvgIpc) is 2.82. The highest BCUT2D eigenvalue weighted by Crippen LogP contribution is 2.18. The second-order valence-electron chi connectivity index (χ2n) is 4.30. The molecule has 0 N–H and O–H groups in total. The Morgan fingerprint density at radius 2 is 2.00 bits per heavy atom. The van der Waals surface area contributed by atoms with Crippen LogP contribution in [0.1, 0.15) is 5.69 Å². The topological polar surface area (TPSA) is 39.9 Å². The SMILES string of the molecule is COc1cccc(Cn2cnc3cc(F)c(F)cc32)n1. The molecule has 0 saturated heterocycles. The summed E-state index contributed by atoms with van der Waals surface area (Å²) in [6, 6.07) is 7.61. The summed E-state index contributed by atoms with van der Waals surface area (Å²) in [5.41, 5.74) is 1.67. The molecular formula is C14H11F2N3O. The first-order valence-electron chi connectivity index (χ1n) is 5.97. The number of halogens is 2. The molecule has 2 heterocycles. The molecule has 0 atom stereocenters. The predicted molar refractivity (Wildman–Crippen MR) is 69.5 cm³/mol. The van der Waals surface area contributed by atoms with Crippen LogP contribution >= 0.6 is 0 Å². The molecule has 0 saturated carbocycles. The number of rotatable bonds is 3. The summed E-state index contributed by atoms with van der Waals surface area (Å²) in [5.74, 6) is -1.29. The first-order valence-corrected chi connectivity index (χ1v) is 5.97. The molecule has 0 aliphatic heterocycles. The van der Waals surface area contributed by atoms with Crippen molar-refractivity contribution in [3.8, 4) is 5.88 Å². The zero-order valence-corrected chi connectivity index (χ0v) is 10.7. The number of ether oxygens (including phenoxy) is 1. The second-order valence-corrected chi connectivity index (χ2v) is 4.30. The van der Waals surface area contributed by atoms with Gasteiger partial charge in [-0.1, -0.05) is 6.07 Å². The number of hydrogen-bond acceptors (Lipinski definition) is 3. The highest BCUT2D eigenvalue weighted by atomic mass is 19.2. The Kier molecular flexibility index (Phi) is 3.06. The number of nitrogens with zero attached hydrogens (tertiary/aromatic N) is 3. The summed E-state index contributed by atoms with van der Waals surface area (Å²) < 4.78 is 33.2. The normalized spacial score (nSPS) is 10.9. The van der Waals surface area contributed by atoms with Crippen LogP contribution in [0, 0.1) is 11.6 Å². The minimum atomic E-state index is -0.901. The zero-order chi connectivity index (χ0) is 14.1. The Bertz CT molecular complexity index is 770. The van der Waals surface area contributed by atoms with Gasteiger partial charge in [-0.15, -0.1) is 0 Å². The Labute approximate surface area is 113 Å². The first-order chi connectivity index (χ1) is 9.67. The van der Waals surface area contributed by atoms with Crippen LogP contribution in [0.3, 0.4) is 0 Å². The summed E-state index contributed by atoms with van der Waals surface area (Å²) in [7, 11) is 1.54. The molecule has 0 radical (unpaired) electrons. The van der Waals surface area contributed by atoms with Gasteiger partial charge in [0.15, 0.2) is 11.6 Å². The molecule has 6 heteroatoms. The molecule has 102 valence electrons. The van der Waals surface area contributed by atoms with Gasteiger partial charge in [0.2, 0.25) is 5.88 Å². The van der Waals surface area contributed by atoms with Crippen LogP contribution in [-0.2, 0) is 6.54 Å². The number of hydrogen-bond donors (Lipinski definition) is 0. The molecule has 0 bridgehead atoms. The zero-order valence-electron chi connectivity index (χ0n) is 10.7. The summed E-state index contributed by atoms with van der Waals surface area (Å²) in [5, 5.41) is 0. The van der Waals surface area contributed by atoms with Gasteiger partial charge in [0, 0.05) is 18.2 Å². The number of fused-ring (bicyclic) bond motifs is 1. The van der Waals surface area contributed by atoms with Crippen molar-refractivity contribution in [2.75, 3.05) is 7.11 Å². The van der Waals surface area contributed by atoms with Crippen molar-refractivity contribution < 1.29 is 13.5 Å². The van der Waals surface area contributed by atoms with Gasteiger partial charge in [0.1, 0.15) is 0 Å². The van der Waals surface area contributed by atoms with Crippen LogP contribution < -0.4 is 4.74 Å². The second kappa shape index (κ2) is 4.88. The average molecular weight is 275 g/mol. The fourth-order valence-electron chi connectivity index (χ4n) is 2.01. The molecule has 3 rings (SSSR count). The first kappa shape index (κ1) is 12.5. The van der Waals surface area contributed by atoms with E-state index >= 15 is 0 Å². The lowest BCUT2D eigenvalue weighted by Gasteiger charge is -2.06. The monoisotopic (exact) mass is 275 g/mol. The van der Waals surface area contributed by atoms with Crippen LogP contribution in [0.4, 0.5) is 8.78 Å². The third kappa shape index (κ3) is 2.20. The van der Waals surface area contributed by atoms with Crippen molar-refractivity contribution in [1.82, 2.24) is 14.5 Å². The number of aromatic nitrogens is 3. The molecule has 0 fully saturated rings. The minimum Gasteiger partial charge on any atom is -0.481 e. The molecule has 0 amide bonds. The van der Waals surface area contributed by atoms with E-state index in [-0.39, 0.29) is 0 Å². The minimum absolute atomic E-state index is 0.402. The van der Waals surface area contributed by atoms with Crippen molar-refractivity contribution in [2.24, 2.45) is 0 Å². The third-order valence-corrected chi connectivity index (χ3v) is 2.99. The van der Waals surface area contributed by atoms with Gasteiger partial charge in [-0.25, -0.2) is 18.7 Å². The van der Waals surface area contributed by atoms with E-state index < -0.39 is 11.6 Å². The van der Waals surface area contributed by atoms with E-state index in [4.69, 9.17) is 4.74 Å². The van der Waals surface area contributed by atoms with E-state index in [1.165, 1.54) is 13.4 Å². The third-order valence-electron chi connectivity index (χ3n) is 2.99. The molecule has 0 spiro atoms. The van der Waals surface area contributed by atoms with E-state index in [1.54, 1.807) is 10.6 Å². The predicted octanol–water partition coefficient (Wildman–Crippen LogP) is 2.77. The Hall–Kier alpha value is -2.50. The number of imidazole rings is 1. The molecule has 0 aliphatic rings. The standard InChI is InChI=1S/C14H11F2N3O/c1-20-14-4-2-3-9(18-14)7-19-8-17-12-5-10(15)11(16)6-13(12)19/h2-6,8H,7H2,1H3. The number of pyridine rings is 1. The van der Waals surface area contributed by atoms with Gasteiger partial charge in [-0.05, 0) is 6.07 Å². The lowest BCUT2D eigenvalue weighted by molar-refractivity contribution is 0.396. The van der Waals surface area contributed by atoms with Crippen LogP contribution in [0.15, 0.2) is 36.7 Å². The van der Waals surface area contributed by atoms with E-state index in [0.717, 1.165) is 17.8 Å². The van der Waals surface area contributed by atoms with E-state index in [0.29, 0.717) is 23.5 Å². The maximum absolute atomic E-state index is 13.3. The maximum Gasteiger partial charge on any atom is 0.213 e. The van der Waals surface area contributed by atoms with Gasteiger partial charge < -0.3 is 9.30 Å². The van der Waals surface area contributed by atoms with Crippen LogP contribution in [0.25, 0.3) is 11.0 Å². The van der Waals surface area contributed by atoms with Crippen molar-refractivity contribution in [1.29, 1.82) is 0 Å². The lowest BCUT2D eigenvalue weighted by atomic mass is 10.3. The van der Waals surface area contributed by atoms with E-state index in [2.05, 4.69) is 9.97 Å². The van der Waals surface area contributed by atoms with Crippen LogP contribution in [-0.4, -0.2) is 21.6 Å². The van der Waals surface area contributed by atoms with Crippen molar-refractivity contribution in [3.05, 3.63) is 54.0 Å². The Morgan fingerprint density at radius 3 is 2.80 bits per heavy atom. The number of methoxy groups -OCH3 is 1. The van der Waals surface area contributed by atoms with Gasteiger partial charge in [-0.2, -0.15) is 0 Å². The fraction of sp³-hybridized carbons (Fsp3) is 0.143. The Balaban J connectivity index is 2.00. The highest BCUT2D eigenvalue weighted by molar-refractivity contribution is 5.75. The molecule has 1 aromatic carbocycles. The smallest absolute Gasteiger partial charge is 0.213 e. The molecule has 4 nitrogen and oxygen atoms in total. The molecule has 2 aromatic heterocycles. The van der Waals surface area contributed by atoms with E-state index in [1.807, 2.05) is 12.1 Å². The Morgan fingerprint density at radius 1 is 1.20 bits per heavy atom. The summed E-state index contributed by atoms with van der Waals surface area (Å²) >= 11 is 0. The number of benzene rings is 1. The summed E-state index contributed by atoms with van der Waals surface area (Å²) in [6.07, 6.45) is 1.53. The highest BCUT2D eigenvalue weighted by Gasteiger charge is 2.10. The van der Waals surface area contributed by atoms with Crippen LogP contribution in [0.5, 0.6) is 5.88 Å². The van der Waals surface area contributed by atoms with Crippen molar-refractivity contribution in [3.63, 3.8) is 0 Å². The molecule has 0 unspecified atom stereocenters. The molecule has 3 aromatic rings. The largest absolute Gasteiger partial charge is 0.481 e. The van der Waals surface area contributed by atoms with Crippen molar-refractivity contribution >= 4 is 11.0 Å². The quantitative estimate of drug-likeness (QED) is 0.738. The lowest BCUT2D eigenvalue weighted by Crippen LogP contribution is -2.01. The fourth-order valence-corrected chi connectivity index (χ4v) is 2.01. The van der Waals surface area contributed by atoms with E-state index in [9.17, 15) is 8.78 Å². The summed E-state index contributed by atoms with van der Waals surface area (Å²) in [6.45, 7) is 0.402.